The lowest BCUT2D eigenvalue weighted by Crippen LogP contribution is -2.27. The minimum Gasteiger partial charge on any atom is -0.382 e. The summed E-state index contributed by atoms with van der Waals surface area (Å²) in [6.07, 6.45) is 2.43. The van der Waals surface area contributed by atoms with Gasteiger partial charge in [-0.1, -0.05) is 29.5 Å². The highest BCUT2D eigenvalue weighted by Gasteiger charge is 2.09. The first-order valence-electron chi connectivity index (χ1n) is 8.14. The van der Waals surface area contributed by atoms with Crippen LogP contribution in [0.3, 0.4) is 0 Å². The standard InChI is InChI=1S/C17H24N4O3S/c1-14-4-6-15(7-5-14)21-13-19-20-17(21)25-12-16(22)18-8-3-9-24-11-10-23-2/h4-7,13H,3,8-12H2,1-2H3,(H,18,22). The Bertz CT molecular complexity index is 646. The molecule has 0 aliphatic rings. The molecule has 1 amide bonds. The van der Waals surface area contributed by atoms with Crippen molar-refractivity contribution < 1.29 is 14.3 Å². The number of amides is 1. The number of methoxy groups -OCH3 is 1. The molecule has 2 aromatic rings. The van der Waals surface area contributed by atoms with Gasteiger partial charge < -0.3 is 14.8 Å². The zero-order chi connectivity index (χ0) is 17.9. The normalized spacial score (nSPS) is 10.8. The molecule has 0 saturated heterocycles. The molecular weight excluding hydrogens is 340 g/mol. The fraction of sp³-hybridized carbons (Fsp3) is 0.471. The van der Waals surface area contributed by atoms with Gasteiger partial charge in [0.05, 0.1) is 19.0 Å². The molecule has 8 heteroatoms. The summed E-state index contributed by atoms with van der Waals surface area (Å²) < 4.78 is 12.1. The molecule has 0 aliphatic carbocycles. The Morgan fingerprint density at radius 1 is 1.24 bits per heavy atom. The van der Waals surface area contributed by atoms with Crippen LogP contribution in [-0.4, -0.2) is 59.9 Å². The zero-order valence-corrected chi connectivity index (χ0v) is 15.4. The first kappa shape index (κ1) is 19.4. The highest BCUT2D eigenvalue weighted by atomic mass is 32.2. The summed E-state index contributed by atoms with van der Waals surface area (Å²) in [4.78, 5) is 11.9. The number of ether oxygens (including phenoxy) is 2. The molecule has 1 N–H and O–H groups in total. The number of hydrogen-bond donors (Lipinski definition) is 1. The number of hydrogen-bond acceptors (Lipinski definition) is 6. The Morgan fingerprint density at radius 2 is 2.04 bits per heavy atom. The van der Waals surface area contributed by atoms with Gasteiger partial charge >= 0.3 is 0 Å². The van der Waals surface area contributed by atoms with Gasteiger partial charge in [0, 0.05) is 25.9 Å². The molecule has 0 saturated carbocycles. The number of nitrogens with zero attached hydrogens (tertiary/aromatic N) is 3. The second-order valence-corrected chi connectivity index (χ2v) is 6.36. The largest absolute Gasteiger partial charge is 0.382 e. The van der Waals surface area contributed by atoms with Crippen LogP contribution >= 0.6 is 11.8 Å². The van der Waals surface area contributed by atoms with Crippen LogP contribution in [-0.2, 0) is 14.3 Å². The smallest absolute Gasteiger partial charge is 0.230 e. The maximum Gasteiger partial charge on any atom is 0.230 e. The molecule has 0 spiro atoms. The van der Waals surface area contributed by atoms with Gasteiger partial charge in [0.2, 0.25) is 5.91 Å². The molecule has 0 fully saturated rings. The summed E-state index contributed by atoms with van der Waals surface area (Å²) in [6.45, 7) is 4.41. The van der Waals surface area contributed by atoms with Gasteiger partial charge in [-0.2, -0.15) is 0 Å². The monoisotopic (exact) mass is 364 g/mol. The lowest BCUT2D eigenvalue weighted by Gasteiger charge is -2.07. The van der Waals surface area contributed by atoms with Crippen molar-refractivity contribution in [1.82, 2.24) is 20.1 Å². The Labute approximate surface area is 152 Å². The molecule has 136 valence electrons. The fourth-order valence-electron chi connectivity index (χ4n) is 2.03. The van der Waals surface area contributed by atoms with Gasteiger partial charge in [-0.3, -0.25) is 9.36 Å². The Hall–Kier alpha value is -1.90. The summed E-state index contributed by atoms with van der Waals surface area (Å²) >= 11 is 1.37. The van der Waals surface area contributed by atoms with E-state index in [1.165, 1.54) is 17.3 Å². The summed E-state index contributed by atoms with van der Waals surface area (Å²) in [5, 5.41) is 11.6. The van der Waals surface area contributed by atoms with Crippen molar-refractivity contribution >= 4 is 17.7 Å². The van der Waals surface area contributed by atoms with Crippen LogP contribution in [0, 0.1) is 6.92 Å². The molecule has 0 atom stereocenters. The molecule has 1 heterocycles. The maximum atomic E-state index is 11.9. The number of carbonyl (C=O) groups excluding carboxylic acids is 1. The van der Waals surface area contributed by atoms with Gasteiger partial charge in [0.15, 0.2) is 5.16 Å². The lowest BCUT2D eigenvalue weighted by atomic mass is 10.2. The zero-order valence-electron chi connectivity index (χ0n) is 14.6. The third kappa shape index (κ3) is 6.85. The van der Waals surface area contributed by atoms with Gasteiger partial charge in [0.1, 0.15) is 6.33 Å². The Balaban J connectivity index is 1.70. The average molecular weight is 364 g/mol. The van der Waals surface area contributed by atoms with E-state index in [1.807, 2.05) is 35.8 Å². The van der Waals surface area contributed by atoms with Gasteiger partial charge in [-0.15, -0.1) is 10.2 Å². The van der Waals surface area contributed by atoms with Crippen molar-refractivity contribution in [2.24, 2.45) is 0 Å². The van der Waals surface area contributed by atoms with E-state index in [2.05, 4.69) is 15.5 Å². The summed E-state index contributed by atoms with van der Waals surface area (Å²) in [6, 6.07) is 8.08. The van der Waals surface area contributed by atoms with Crippen molar-refractivity contribution in [3.05, 3.63) is 36.2 Å². The molecule has 2 rings (SSSR count). The van der Waals surface area contributed by atoms with E-state index in [1.54, 1.807) is 13.4 Å². The molecule has 25 heavy (non-hydrogen) atoms. The van der Waals surface area contributed by atoms with Crippen LogP contribution in [0.15, 0.2) is 35.7 Å². The summed E-state index contributed by atoms with van der Waals surface area (Å²) in [5.41, 5.74) is 2.17. The average Bonchev–Trinajstić information content (AvgIpc) is 3.08. The predicted molar refractivity (Wildman–Crippen MR) is 97.1 cm³/mol. The van der Waals surface area contributed by atoms with Crippen molar-refractivity contribution in [1.29, 1.82) is 0 Å². The topological polar surface area (TPSA) is 78.3 Å². The quantitative estimate of drug-likeness (QED) is 0.484. The number of aromatic nitrogens is 3. The molecule has 0 aliphatic heterocycles. The number of benzene rings is 1. The minimum absolute atomic E-state index is 0.0275. The number of aryl methyl sites for hydroxylation is 1. The Kier molecular flexibility index (Phi) is 8.44. The highest BCUT2D eigenvalue weighted by molar-refractivity contribution is 7.99. The van der Waals surface area contributed by atoms with Crippen LogP contribution < -0.4 is 5.32 Å². The highest BCUT2D eigenvalue weighted by Crippen LogP contribution is 2.19. The van der Waals surface area contributed by atoms with E-state index in [0.717, 1.165) is 12.1 Å². The maximum absolute atomic E-state index is 11.9. The third-order valence-electron chi connectivity index (χ3n) is 3.38. The van der Waals surface area contributed by atoms with Gasteiger partial charge in [0.25, 0.3) is 0 Å². The van der Waals surface area contributed by atoms with E-state index in [9.17, 15) is 4.79 Å². The van der Waals surface area contributed by atoms with E-state index >= 15 is 0 Å². The summed E-state index contributed by atoms with van der Waals surface area (Å²) in [7, 11) is 1.64. The molecule has 0 unspecified atom stereocenters. The molecule has 1 aromatic carbocycles. The van der Waals surface area contributed by atoms with Crippen molar-refractivity contribution in [3.63, 3.8) is 0 Å². The molecule has 7 nitrogen and oxygen atoms in total. The predicted octanol–water partition coefficient (Wildman–Crippen LogP) is 1.84. The molecule has 1 aromatic heterocycles. The van der Waals surface area contributed by atoms with Crippen LogP contribution in [0.4, 0.5) is 0 Å². The minimum atomic E-state index is -0.0275. The SMILES string of the molecule is COCCOCCCNC(=O)CSc1nncn1-c1ccc(C)cc1. The number of thioether (sulfide) groups is 1. The first-order chi connectivity index (χ1) is 12.2. The third-order valence-corrected chi connectivity index (χ3v) is 4.32. The fourth-order valence-corrected chi connectivity index (χ4v) is 2.79. The van der Waals surface area contributed by atoms with Crippen LogP contribution in [0.5, 0.6) is 0 Å². The van der Waals surface area contributed by atoms with Crippen LogP contribution in [0.25, 0.3) is 5.69 Å². The van der Waals surface area contributed by atoms with E-state index in [4.69, 9.17) is 9.47 Å². The van der Waals surface area contributed by atoms with Crippen molar-refractivity contribution in [2.45, 2.75) is 18.5 Å². The van der Waals surface area contributed by atoms with Crippen LogP contribution in [0.2, 0.25) is 0 Å². The van der Waals surface area contributed by atoms with Gasteiger partial charge in [-0.25, -0.2) is 0 Å². The van der Waals surface area contributed by atoms with Crippen molar-refractivity contribution in [3.8, 4) is 5.69 Å². The number of rotatable bonds is 11. The second-order valence-electron chi connectivity index (χ2n) is 5.42. The number of carbonyl (C=O) groups is 1. The lowest BCUT2D eigenvalue weighted by molar-refractivity contribution is -0.118. The first-order valence-corrected chi connectivity index (χ1v) is 9.12. The van der Waals surface area contributed by atoms with Crippen molar-refractivity contribution in [2.75, 3.05) is 39.2 Å². The van der Waals surface area contributed by atoms with E-state index < -0.39 is 0 Å². The van der Waals surface area contributed by atoms with E-state index in [0.29, 0.717) is 37.3 Å². The molecular formula is C17H24N4O3S. The number of nitrogens with one attached hydrogen (secondary N) is 1. The molecule has 0 bridgehead atoms. The Morgan fingerprint density at radius 3 is 2.80 bits per heavy atom. The van der Waals surface area contributed by atoms with Crippen LogP contribution in [0.1, 0.15) is 12.0 Å². The van der Waals surface area contributed by atoms with Gasteiger partial charge in [-0.05, 0) is 25.5 Å². The summed E-state index contributed by atoms with van der Waals surface area (Å²) in [5.74, 6) is 0.273. The second kappa shape index (κ2) is 10.9. The van der Waals surface area contributed by atoms with E-state index in [-0.39, 0.29) is 5.91 Å². The molecule has 0 radical (unpaired) electrons.